The van der Waals surface area contributed by atoms with Gasteiger partial charge in [0.2, 0.25) is 16.7 Å². The van der Waals surface area contributed by atoms with Crippen LogP contribution in [0.2, 0.25) is 0 Å². The summed E-state index contributed by atoms with van der Waals surface area (Å²) < 4.78 is 2.56. The third kappa shape index (κ3) is 2.52. The van der Waals surface area contributed by atoms with E-state index in [0.717, 1.165) is 12.8 Å². The lowest BCUT2D eigenvalue weighted by atomic mass is 9.73. The maximum atomic E-state index is 12.1. The minimum absolute atomic E-state index is 0.0133. The van der Waals surface area contributed by atoms with E-state index >= 15 is 0 Å². The van der Waals surface area contributed by atoms with Gasteiger partial charge in [-0.3, -0.25) is 0 Å². The zero-order valence-electron chi connectivity index (χ0n) is 22.5. The molecule has 2 nitrogen and oxygen atoms in total. The molecule has 3 unspecified atom stereocenters. The van der Waals surface area contributed by atoms with Gasteiger partial charge in [-0.15, -0.1) is 0 Å². The lowest BCUT2D eigenvalue weighted by Gasteiger charge is -2.32. The highest BCUT2D eigenvalue weighted by molar-refractivity contribution is 5.98. The van der Waals surface area contributed by atoms with Gasteiger partial charge in [-0.1, -0.05) is 65.0 Å². The van der Waals surface area contributed by atoms with E-state index in [1.165, 1.54) is 60.8 Å². The summed E-state index contributed by atoms with van der Waals surface area (Å²) in [5, 5.41) is 16.0. The van der Waals surface area contributed by atoms with Crippen molar-refractivity contribution >= 4 is 21.7 Å². The van der Waals surface area contributed by atoms with E-state index < -0.39 is 6.10 Å². The number of aliphatic hydroxyl groups excluding tert-OH is 1. The number of fused-ring (bicyclic) bond motifs is 10. The Bertz CT molecular complexity index is 1560. The minimum atomic E-state index is -0.411. The van der Waals surface area contributed by atoms with Gasteiger partial charge in [0.25, 0.3) is 0 Å². The highest BCUT2D eigenvalue weighted by atomic mass is 16.3. The molecule has 1 N–H and O–H groups in total. The van der Waals surface area contributed by atoms with Gasteiger partial charge in [0.05, 0.1) is 16.4 Å². The first-order chi connectivity index (χ1) is 16.5. The van der Waals surface area contributed by atoms with Crippen LogP contribution in [0.5, 0.6) is 0 Å². The molecule has 0 spiro atoms. The molecule has 1 aliphatic heterocycles. The van der Waals surface area contributed by atoms with Crippen LogP contribution in [0.15, 0.2) is 48.5 Å². The Kier molecular flexibility index (Phi) is 4.51. The van der Waals surface area contributed by atoms with Crippen LogP contribution >= 0.6 is 0 Å². The first-order valence-electron chi connectivity index (χ1n) is 13.3. The van der Waals surface area contributed by atoms with E-state index in [0.29, 0.717) is 0 Å². The highest BCUT2D eigenvalue weighted by Crippen LogP contribution is 2.69. The molecule has 0 bridgehead atoms. The van der Waals surface area contributed by atoms with Gasteiger partial charge in [0.15, 0.2) is 0 Å². The SMILES string of the molecule is CCC12c3c(cc(C(C)(C)C)c4ccccc34)-c3cc(C)c4c(C)cc(C)cc4[n+]3C1(CC)C2O. The van der Waals surface area contributed by atoms with Crippen molar-refractivity contribution in [3.8, 4) is 11.3 Å². The molecule has 2 heteroatoms. The predicted octanol–water partition coefficient (Wildman–Crippen LogP) is 7.31. The molecule has 4 aromatic rings. The largest absolute Gasteiger partial charge is 0.385 e. The van der Waals surface area contributed by atoms with Gasteiger partial charge >= 0.3 is 0 Å². The van der Waals surface area contributed by atoms with Crippen LogP contribution in [0.4, 0.5) is 0 Å². The van der Waals surface area contributed by atoms with E-state index in [4.69, 9.17) is 0 Å². The second kappa shape index (κ2) is 6.95. The molecule has 1 aromatic heterocycles. The molecule has 3 aromatic carbocycles. The van der Waals surface area contributed by atoms with Gasteiger partial charge in [-0.25, -0.2) is 0 Å². The molecule has 1 saturated carbocycles. The Balaban J connectivity index is 1.90. The molecule has 2 heterocycles. The Morgan fingerprint density at radius 2 is 1.54 bits per heavy atom. The van der Waals surface area contributed by atoms with Crippen molar-refractivity contribution in [1.29, 1.82) is 0 Å². The van der Waals surface area contributed by atoms with Crippen molar-refractivity contribution in [3.63, 3.8) is 0 Å². The van der Waals surface area contributed by atoms with E-state index in [2.05, 4.69) is 108 Å². The number of benzene rings is 3. The fraction of sp³-hybridized carbons (Fsp3) is 0.424. The predicted molar refractivity (Wildman–Crippen MR) is 146 cm³/mol. The monoisotopic (exact) mass is 464 g/mol. The lowest BCUT2D eigenvalue weighted by Crippen LogP contribution is -2.56. The number of rotatable bonds is 2. The van der Waals surface area contributed by atoms with E-state index in [1.807, 2.05) is 0 Å². The van der Waals surface area contributed by atoms with E-state index in [1.54, 1.807) is 0 Å². The number of nitrogens with zero attached hydrogens (tertiary/aromatic N) is 1. The minimum Gasteiger partial charge on any atom is -0.385 e. The summed E-state index contributed by atoms with van der Waals surface area (Å²) in [4.78, 5) is 0. The third-order valence-corrected chi connectivity index (χ3v) is 9.37. The topological polar surface area (TPSA) is 24.1 Å². The summed E-state index contributed by atoms with van der Waals surface area (Å²) in [5.74, 6) is 0. The molecule has 6 rings (SSSR count). The zero-order valence-corrected chi connectivity index (χ0v) is 22.5. The van der Waals surface area contributed by atoms with E-state index in [-0.39, 0.29) is 16.4 Å². The molecular formula is C33H38NO+. The second-order valence-electron chi connectivity index (χ2n) is 12.2. The summed E-state index contributed by atoms with van der Waals surface area (Å²) in [7, 11) is 0. The molecule has 0 radical (unpaired) electrons. The maximum absolute atomic E-state index is 12.1. The van der Waals surface area contributed by atoms with Crippen LogP contribution in [-0.2, 0) is 16.4 Å². The van der Waals surface area contributed by atoms with Crippen LogP contribution in [0.3, 0.4) is 0 Å². The average molecular weight is 465 g/mol. The molecule has 3 atom stereocenters. The van der Waals surface area contributed by atoms with Gasteiger partial charge in [-0.2, -0.15) is 4.57 Å². The summed E-state index contributed by atoms with van der Waals surface area (Å²) >= 11 is 0. The number of aromatic nitrogens is 1. The standard InChI is InChI=1S/C33H38NO/c1-9-32-29-23-14-12-11-13-22(23)25(31(6,7)8)18-24(29)26-17-21(5)28-20(4)15-19(3)16-27(28)34(26)33(32,10-2)30(32)35/h11-18,30,35H,9-10H2,1-8H3/q+1. The van der Waals surface area contributed by atoms with Crippen molar-refractivity contribution in [1.82, 2.24) is 0 Å². The summed E-state index contributed by atoms with van der Waals surface area (Å²) in [6.07, 6.45) is 1.41. The lowest BCUT2D eigenvalue weighted by molar-refractivity contribution is -0.715. The van der Waals surface area contributed by atoms with Crippen LogP contribution in [-0.4, -0.2) is 11.2 Å². The summed E-state index contributed by atoms with van der Waals surface area (Å²) in [6, 6.07) is 18.4. The zero-order chi connectivity index (χ0) is 25.1. The summed E-state index contributed by atoms with van der Waals surface area (Å²) in [5.41, 5.74) is 9.87. The number of aliphatic hydroxyl groups is 1. The molecule has 35 heavy (non-hydrogen) atoms. The van der Waals surface area contributed by atoms with Crippen molar-refractivity contribution in [2.24, 2.45) is 0 Å². The fourth-order valence-electron chi connectivity index (χ4n) is 7.99. The smallest absolute Gasteiger partial charge is 0.214 e. The number of aryl methyl sites for hydroxylation is 3. The van der Waals surface area contributed by atoms with Crippen molar-refractivity contribution in [2.45, 2.75) is 90.7 Å². The Labute approximate surface area is 209 Å². The highest BCUT2D eigenvalue weighted by Gasteiger charge is 2.85. The van der Waals surface area contributed by atoms with E-state index in [9.17, 15) is 5.11 Å². The third-order valence-electron chi connectivity index (χ3n) is 9.37. The van der Waals surface area contributed by atoms with Gasteiger partial charge in [0, 0.05) is 18.6 Å². The number of hydrogen-bond donors (Lipinski definition) is 1. The first kappa shape index (κ1) is 22.7. The average Bonchev–Trinajstić information content (AvgIpc) is 3.35. The number of hydrogen-bond acceptors (Lipinski definition) is 1. The maximum Gasteiger partial charge on any atom is 0.214 e. The number of pyridine rings is 1. The Hall–Kier alpha value is -2.71. The normalized spacial score (nSPS) is 24.9. The van der Waals surface area contributed by atoms with Gasteiger partial charge < -0.3 is 5.11 Å². The first-order valence-corrected chi connectivity index (χ1v) is 13.3. The van der Waals surface area contributed by atoms with Crippen LogP contribution in [0.1, 0.15) is 75.3 Å². The summed E-state index contributed by atoms with van der Waals surface area (Å²) in [6.45, 7) is 18.2. The van der Waals surface area contributed by atoms with Crippen molar-refractivity contribution in [3.05, 3.63) is 76.3 Å². The van der Waals surface area contributed by atoms with Gasteiger partial charge in [-0.05, 0) is 77.3 Å². The molecule has 2 aliphatic rings. The van der Waals surface area contributed by atoms with Crippen molar-refractivity contribution < 1.29 is 9.67 Å². The molecular weight excluding hydrogens is 426 g/mol. The Morgan fingerprint density at radius 1 is 0.886 bits per heavy atom. The molecule has 0 saturated heterocycles. The van der Waals surface area contributed by atoms with Crippen LogP contribution in [0, 0.1) is 20.8 Å². The van der Waals surface area contributed by atoms with Crippen molar-refractivity contribution in [2.75, 3.05) is 0 Å². The molecule has 1 fully saturated rings. The quantitative estimate of drug-likeness (QED) is 0.309. The molecule has 0 amide bonds. The molecule has 1 aliphatic carbocycles. The Morgan fingerprint density at radius 3 is 2.17 bits per heavy atom. The molecule has 180 valence electrons. The van der Waals surface area contributed by atoms with Crippen LogP contribution in [0.25, 0.3) is 32.9 Å². The second-order valence-corrected chi connectivity index (χ2v) is 12.2. The van der Waals surface area contributed by atoms with Gasteiger partial charge in [0.1, 0.15) is 6.10 Å². The van der Waals surface area contributed by atoms with Crippen LogP contribution < -0.4 is 4.57 Å². The fourth-order valence-corrected chi connectivity index (χ4v) is 7.99.